The third kappa shape index (κ3) is 1.17. The van der Waals surface area contributed by atoms with Gasteiger partial charge in [0.1, 0.15) is 0 Å². The van der Waals surface area contributed by atoms with Crippen LogP contribution in [-0.4, -0.2) is 0 Å². The number of hydrogen-bond donors (Lipinski definition) is 0. The highest BCUT2D eigenvalue weighted by Crippen LogP contribution is 2.37. The fraction of sp³-hybridized carbons (Fsp3) is 0.312. The van der Waals surface area contributed by atoms with Crippen molar-refractivity contribution in [3.8, 4) is 0 Å². The van der Waals surface area contributed by atoms with E-state index in [9.17, 15) is 0 Å². The Morgan fingerprint density at radius 3 is 2.94 bits per heavy atom. The first-order valence-corrected chi connectivity index (χ1v) is 6.48. The Morgan fingerprint density at radius 2 is 2.00 bits per heavy atom. The second-order valence-corrected chi connectivity index (χ2v) is 5.25. The van der Waals surface area contributed by atoms with E-state index in [2.05, 4.69) is 41.8 Å². The molecule has 0 N–H and O–H groups in total. The lowest BCUT2D eigenvalue weighted by Crippen LogP contribution is -2.35. The van der Waals surface area contributed by atoms with E-state index in [1.54, 1.807) is 11.1 Å². The zero-order chi connectivity index (χ0) is 11.4. The fourth-order valence-corrected chi connectivity index (χ4v) is 3.41. The van der Waals surface area contributed by atoms with Gasteiger partial charge >= 0.3 is 0 Å². The van der Waals surface area contributed by atoms with Crippen molar-refractivity contribution in [3.63, 3.8) is 0 Å². The molecule has 1 aromatic heterocycles. The summed E-state index contributed by atoms with van der Waals surface area (Å²) in [5.41, 5.74) is 7.56. The molecular weight excluding hydrogens is 206 g/mol. The van der Waals surface area contributed by atoms with Crippen LogP contribution in [0.15, 0.2) is 35.9 Å². The van der Waals surface area contributed by atoms with Crippen molar-refractivity contribution in [2.24, 2.45) is 0 Å². The third-order valence-corrected chi connectivity index (χ3v) is 4.28. The molecule has 0 unspecified atom stereocenters. The molecule has 2 aromatic rings. The molecule has 1 heteroatoms. The van der Waals surface area contributed by atoms with Crippen LogP contribution in [0.4, 0.5) is 0 Å². The maximum Gasteiger partial charge on any atom is 0.213 e. The van der Waals surface area contributed by atoms with Crippen molar-refractivity contribution in [2.45, 2.75) is 32.7 Å². The second-order valence-electron chi connectivity index (χ2n) is 5.25. The van der Waals surface area contributed by atoms with E-state index in [4.69, 9.17) is 0 Å². The Bertz CT molecular complexity index is 665. The molecule has 17 heavy (non-hydrogen) atoms. The first-order chi connectivity index (χ1) is 8.34. The lowest BCUT2D eigenvalue weighted by molar-refractivity contribution is -0.660. The normalized spacial score (nSPS) is 17.7. The number of nitrogens with zero attached hydrogens (tertiary/aromatic N) is 1. The highest BCUT2D eigenvalue weighted by atomic mass is 15.0. The topological polar surface area (TPSA) is 3.88 Å². The van der Waals surface area contributed by atoms with Gasteiger partial charge in [0.25, 0.3) is 0 Å². The summed E-state index contributed by atoms with van der Waals surface area (Å²) in [6, 6.07) is 11.3. The molecule has 0 saturated carbocycles. The first kappa shape index (κ1) is 9.41. The second kappa shape index (κ2) is 3.19. The van der Waals surface area contributed by atoms with Crippen molar-refractivity contribution in [1.29, 1.82) is 0 Å². The van der Waals surface area contributed by atoms with Gasteiger partial charge in [-0.25, -0.2) is 0 Å². The molecule has 2 aliphatic rings. The number of aromatic nitrogens is 1. The average Bonchev–Trinajstić information content (AvgIpc) is 2.89. The van der Waals surface area contributed by atoms with Gasteiger partial charge in [0.05, 0.1) is 0 Å². The van der Waals surface area contributed by atoms with E-state index in [0.29, 0.717) is 0 Å². The Balaban J connectivity index is 2.04. The molecule has 0 bridgehead atoms. The molecule has 1 aliphatic heterocycles. The van der Waals surface area contributed by atoms with Crippen LogP contribution in [0.3, 0.4) is 0 Å². The summed E-state index contributed by atoms with van der Waals surface area (Å²) in [6.45, 7) is 3.33. The van der Waals surface area contributed by atoms with Gasteiger partial charge in [0, 0.05) is 28.7 Å². The molecule has 84 valence electrons. The minimum Gasteiger partial charge on any atom is -0.188 e. The van der Waals surface area contributed by atoms with E-state index in [1.165, 1.54) is 41.4 Å². The zero-order valence-corrected chi connectivity index (χ0v) is 10.2. The van der Waals surface area contributed by atoms with E-state index >= 15 is 0 Å². The van der Waals surface area contributed by atoms with Crippen molar-refractivity contribution in [2.75, 3.05) is 0 Å². The maximum absolute atomic E-state index is 2.51. The molecule has 0 fully saturated rings. The molecule has 0 atom stereocenters. The van der Waals surface area contributed by atoms with Crippen LogP contribution in [-0.2, 0) is 6.54 Å². The number of aryl methyl sites for hydroxylation is 1. The van der Waals surface area contributed by atoms with E-state index in [-0.39, 0.29) is 0 Å². The summed E-state index contributed by atoms with van der Waals surface area (Å²) in [7, 11) is 0. The molecule has 4 rings (SSSR count). The van der Waals surface area contributed by atoms with Crippen molar-refractivity contribution < 1.29 is 4.57 Å². The molecule has 0 amide bonds. The minimum atomic E-state index is 1.13. The Kier molecular flexibility index (Phi) is 1.77. The predicted octanol–water partition coefficient (Wildman–Crippen LogP) is 3.39. The summed E-state index contributed by atoms with van der Waals surface area (Å²) in [5.74, 6) is 0. The van der Waals surface area contributed by atoms with Crippen molar-refractivity contribution >= 4 is 16.5 Å². The fourth-order valence-electron chi connectivity index (χ4n) is 3.41. The molecular formula is C16H16N+. The van der Waals surface area contributed by atoms with Crippen LogP contribution in [0.25, 0.3) is 16.5 Å². The summed E-state index contributed by atoms with van der Waals surface area (Å²) in [5, 5.41) is 1.40. The van der Waals surface area contributed by atoms with Crippen molar-refractivity contribution in [1.82, 2.24) is 0 Å². The summed E-state index contributed by atoms with van der Waals surface area (Å²) < 4.78 is 2.51. The monoisotopic (exact) mass is 222 g/mol. The molecule has 0 saturated heterocycles. The number of benzene rings is 1. The van der Waals surface area contributed by atoms with Crippen LogP contribution in [0.5, 0.6) is 0 Å². The smallest absolute Gasteiger partial charge is 0.188 e. The van der Waals surface area contributed by atoms with Gasteiger partial charge in [-0.05, 0) is 37.8 Å². The van der Waals surface area contributed by atoms with E-state index in [1.807, 2.05) is 0 Å². The highest BCUT2D eigenvalue weighted by molar-refractivity contribution is 5.81. The van der Waals surface area contributed by atoms with Crippen LogP contribution in [0, 0.1) is 6.92 Å². The number of allylic oxidation sites excluding steroid dienone is 2. The standard InChI is InChI=1S/C16H16N/c1-11-4-2-7-15-13(11)8-9-16-14-6-3-5-12(14)10-17(15)16/h2,4,7-9H,3,5-6,10H2,1H3/q+1. The van der Waals surface area contributed by atoms with Crippen LogP contribution in [0.1, 0.15) is 30.5 Å². The number of hydrogen-bond acceptors (Lipinski definition) is 0. The molecule has 1 aliphatic carbocycles. The summed E-state index contributed by atoms with van der Waals surface area (Å²) in [6.07, 6.45) is 3.95. The highest BCUT2D eigenvalue weighted by Gasteiger charge is 2.33. The molecule has 1 aromatic carbocycles. The maximum atomic E-state index is 2.51. The van der Waals surface area contributed by atoms with Gasteiger partial charge < -0.3 is 0 Å². The minimum absolute atomic E-state index is 1.13. The lowest BCUT2D eigenvalue weighted by atomic mass is 10.1. The van der Waals surface area contributed by atoms with Crippen LogP contribution < -0.4 is 4.57 Å². The average molecular weight is 222 g/mol. The summed E-state index contributed by atoms with van der Waals surface area (Å²) in [4.78, 5) is 0. The zero-order valence-electron chi connectivity index (χ0n) is 10.2. The Labute approximate surface area is 101 Å². The number of pyridine rings is 1. The third-order valence-electron chi connectivity index (χ3n) is 4.28. The van der Waals surface area contributed by atoms with Crippen molar-refractivity contribution in [3.05, 3.63) is 47.2 Å². The van der Waals surface area contributed by atoms with Gasteiger partial charge in [-0.1, -0.05) is 12.1 Å². The first-order valence-electron chi connectivity index (χ1n) is 6.48. The number of fused-ring (bicyclic) bond motifs is 4. The molecule has 0 radical (unpaired) electrons. The summed E-state index contributed by atoms with van der Waals surface area (Å²) >= 11 is 0. The lowest BCUT2D eigenvalue weighted by Gasteiger charge is -2.04. The van der Waals surface area contributed by atoms with Crippen LogP contribution >= 0.6 is 0 Å². The van der Waals surface area contributed by atoms with E-state index < -0.39 is 0 Å². The van der Waals surface area contributed by atoms with Gasteiger partial charge in [0.2, 0.25) is 11.2 Å². The van der Waals surface area contributed by atoms with Gasteiger partial charge in [0.15, 0.2) is 6.54 Å². The Hall–Kier alpha value is -1.63. The quantitative estimate of drug-likeness (QED) is 0.602. The van der Waals surface area contributed by atoms with Gasteiger partial charge in [-0.2, -0.15) is 4.57 Å². The molecule has 2 heterocycles. The Morgan fingerprint density at radius 1 is 1.06 bits per heavy atom. The van der Waals surface area contributed by atoms with E-state index in [0.717, 1.165) is 6.54 Å². The SMILES string of the molecule is Cc1cccc2c1ccc1[n+]2CC2=C1CCC2. The van der Waals surface area contributed by atoms with Crippen LogP contribution in [0.2, 0.25) is 0 Å². The van der Waals surface area contributed by atoms with Gasteiger partial charge in [-0.15, -0.1) is 0 Å². The molecule has 0 spiro atoms. The predicted molar refractivity (Wildman–Crippen MR) is 69.7 cm³/mol. The molecule has 1 nitrogen and oxygen atoms in total. The largest absolute Gasteiger partial charge is 0.213 e. The van der Waals surface area contributed by atoms with Gasteiger partial charge in [-0.3, -0.25) is 0 Å². The number of rotatable bonds is 0.